The number of hydrogen-bond acceptors (Lipinski definition) is 7. The Balaban J connectivity index is 3.10. The molecule has 0 saturated heterocycles. The highest BCUT2D eigenvalue weighted by molar-refractivity contribution is 7.54. The molecule has 0 aromatic heterocycles. The van der Waals surface area contributed by atoms with Crippen LogP contribution < -0.4 is 20.7 Å². The van der Waals surface area contributed by atoms with E-state index in [4.69, 9.17) is 13.8 Å². The Kier molecular flexibility index (Phi) is 13.4. The molecule has 0 bridgehead atoms. The number of nitrogens with one attached hydrogen (secondary N) is 3. The molecule has 0 spiro atoms. The first-order valence-electron chi connectivity index (χ1n) is 11.9. The lowest BCUT2D eigenvalue weighted by atomic mass is 10.0. The predicted octanol–water partition coefficient (Wildman–Crippen LogP) is 3.48. The molecule has 0 radical (unpaired) electrons. The van der Waals surface area contributed by atoms with Crippen molar-refractivity contribution in [3.05, 3.63) is 29.8 Å². The van der Waals surface area contributed by atoms with Gasteiger partial charge in [0.1, 0.15) is 17.6 Å². The highest BCUT2D eigenvalue weighted by atomic mass is 31.2. The molecule has 3 N–H and O–H groups in total. The van der Waals surface area contributed by atoms with E-state index in [0.717, 1.165) is 5.56 Å². The SMILES string of the molecule is CCOP(=O)(OCC)[C@@H](CC)N[C@@H](CC(C)C)C(=O)N[C@@H](Cc1ccc(OC)cc1)C(=O)NC. The number of methoxy groups -OCH3 is 1. The van der Waals surface area contributed by atoms with Gasteiger partial charge in [0.25, 0.3) is 0 Å². The maximum absolute atomic E-state index is 13.3. The summed E-state index contributed by atoms with van der Waals surface area (Å²) in [5, 5.41) is 8.71. The van der Waals surface area contributed by atoms with Gasteiger partial charge in [-0.05, 0) is 50.3 Å². The smallest absolute Gasteiger partial charge is 0.347 e. The van der Waals surface area contributed by atoms with Gasteiger partial charge in [0, 0.05) is 13.5 Å². The summed E-state index contributed by atoms with van der Waals surface area (Å²) in [6, 6.07) is 5.89. The molecule has 0 fully saturated rings. The van der Waals surface area contributed by atoms with E-state index < -0.39 is 25.5 Å². The Morgan fingerprint density at radius 1 is 0.971 bits per heavy atom. The summed E-state index contributed by atoms with van der Waals surface area (Å²) >= 11 is 0. The van der Waals surface area contributed by atoms with E-state index in [9.17, 15) is 14.2 Å². The minimum atomic E-state index is -3.47. The fourth-order valence-electron chi connectivity index (χ4n) is 3.62. The van der Waals surface area contributed by atoms with Gasteiger partial charge in [-0.1, -0.05) is 32.9 Å². The molecule has 1 aromatic rings. The number of ether oxygens (including phenoxy) is 1. The Hall–Kier alpha value is -1.93. The Morgan fingerprint density at radius 2 is 1.56 bits per heavy atom. The van der Waals surface area contributed by atoms with Gasteiger partial charge in [-0.15, -0.1) is 0 Å². The van der Waals surface area contributed by atoms with Gasteiger partial charge >= 0.3 is 7.60 Å². The fourth-order valence-corrected chi connectivity index (χ4v) is 5.58. The average Bonchev–Trinajstić information content (AvgIpc) is 2.81. The number of benzene rings is 1. The van der Waals surface area contributed by atoms with Crippen molar-refractivity contribution in [3.63, 3.8) is 0 Å². The molecule has 3 atom stereocenters. The molecule has 10 heteroatoms. The van der Waals surface area contributed by atoms with E-state index in [1.165, 1.54) is 7.05 Å². The van der Waals surface area contributed by atoms with Crippen molar-refractivity contribution in [2.75, 3.05) is 27.4 Å². The molecule has 1 rings (SSSR count). The number of likely N-dealkylation sites (N-methyl/N-ethyl adjacent to an activating group) is 1. The minimum Gasteiger partial charge on any atom is -0.497 e. The van der Waals surface area contributed by atoms with Gasteiger partial charge in [0.05, 0.1) is 26.4 Å². The molecule has 0 aliphatic rings. The summed E-state index contributed by atoms with van der Waals surface area (Å²) in [4.78, 5) is 25.9. The summed E-state index contributed by atoms with van der Waals surface area (Å²) in [7, 11) is -0.348. The van der Waals surface area contributed by atoms with Crippen LogP contribution in [0.5, 0.6) is 5.75 Å². The zero-order valence-electron chi connectivity index (χ0n) is 21.6. The Labute approximate surface area is 204 Å². The van der Waals surface area contributed by atoms with Crippen LogP contribution in [0.1, 0.15) is 53.0 Å². The van der Waals surface area contributed by atoms with Gasteiger partial charge in [-0.2, -0.15) is 0 Å². The average molecular weight is 500 g/mol. The molecule has 0 heterocycles. The van der Waals surface area contributed by atoms with Crippen LogP contribution in [0.2, 0.25) is 0 Å². The number of carbonyl (C=O) groups excluding carboxylic acids is 2. The lowest BCUT2D eigenvalue weighted by Crippen LogP contribution is -2.55. The van der Waals surface area contributed by atoms with E-state index in [1.54, 1.807) is 21.0 Å². The molecule has 194 valence electrons. The van der Waals surface area contributed by atoms with Crippen LogP contribution in [0.4, 0.5) is 0 Å². The molecule has 0 aliphatic carbocycles. The van der Waals surface area contributed by atoms with Crippen LogP contribution >= 0.6 is 7.60 Å². The molecule has 0 unspecified atom stereocenters. The second-order valence-electron chi connectivity index (χ2n) is 8.38. The third kappa shape index (κ3) is 9.37. The van der Waals surface area contributed by atoms with E-state index in [0.29, 0.717) is 25.0 Å². The lowest BCUT2D eigenvalue weighted by molar-refractivity contribution is -0.130. The largest absolute Gasteiger partial charge is 0.497 e. The van der Waals surface area contributed by atoms with Gasteiger partial charge in [-0.3, -0.25) is 19.5 Å². The van der Waals surface area contributed by atoms with Crippen molar-refractivity contribution >= 4 is 19.4 Å². The Morgan fingerprint density at radius 3 is 2.00 bits per heavy atom. The van der Waals surface area contributed by atoms with E-state index >= 15 is 0 Å². The molecule has 9 nitrogen and oxygen atoms in total. The first-order valence-corrected chi connectivity index (χ1v) is 13.5. The van der Waals surface area contributed by atoms with Crippen molar-refractivity contribution in [2.24, 2.45) is 5.92 Å². The normalized spacial score (nSPS) is 14.4. The predicted molar refractivity (Wildman–Crippen MR) is 134 cm³/mol. The third-order valence-electron chi connectivity index (χ3n) is 5.28. The third-order valence-corrected chi connectivity index (χ3v) is 7.80. The van der Waals surface area contributed by atoms with Gasteiger partial charge in [-0.25, -0.2) is 0 Å². The van der Waals surface area contributed by atoms with Crippen LogP contribution in [-0.4, -0.2) is 57.1 Å². The second-order valence-corrected chi connectivity index (χ2v) is 10.6. The summed E-state index contributed by atoms with van der Waals surface area (Å²) in [6.07, 6.45) is 1.25. The van der Waals surface area contributed by atoms with Gasteiger partial charge in [0.2, 0.25) is 11.8 Å². The standard InChI is InChI=1S/C24H42N3O6P/c1-8-22(34(30,32-9-2)33-10-3)26-20(15-17(4)5)24(29)27-21(23(28)25-6)16-18-11-13-19(31-7)14-12-18/h11-14,17,20-22,26H,8-10,15-16H2,1-7H3,(H,25,28)(H,27,29)/t20-,21-,22-/m0/s1. The van der Waals surface area contributed by atoms with Crippen LogP contribution in [0.25, 0.3) is 0 Å². The van der Waals surface area contributed by atoms with Crippen molar-refractivity contribution in [2.45, 2.75) is 71.7 Å². The maximum Gasteiger partial charge on any atom is 0.347 e. The molecular weight excluding hydrogens is 457 g/mol. The molecular formula is C24H42N3O6P. The zero-order valence-corrected chi connectivity index (χ0v) is 22.4. The monoisotopic (exact) mass is 499 g/mol. The summed E-state index contributed by atoms with van der Waals surface area (Å²) in [5.41, 5.74) is 0.881. The van der Waals surface area contributed by atoms with Crippen LogP contribution in [0.15, 0.2) is 24.3 Å². The lowest BCUT2D eigenvalue weighted by Gasteiger charge is -2.31. The first-order chi connectivity index (χ1) is 16.1. The van der Waals surface area contributed by atoms with Crippen molar-refractivity contribution in [3.8, 4) is 5.75 Å². The summed E-state index contributed by atoms with van der Waals surface area (Å²) in [5.74, 6) is -0.395. The number of rotatable bonds is 16. The molecule has 0 saturated carbocycles. The van der Waals surface area contributed by atoms with Crippen LogP contribution in [0, 0.1) is 5.92 Å². The zero-order chi connectivity index (χ0) is 25.7. The number of carbonyl (C=O) groups is 2. The summed E-state index contributed by atoms with van der Waals surface area (Å²) in [6.45, 7) is 9.84. The highest BCUT2D eigenvalue weighted by Gasteiger charge is 2.37. The first kappa shape index (κ1) is 30.1. The van der Waals surface area contributed by atoms with E-state index in [1.807, 2.05) is 45.0 Å². The van der Waals surface area contributed by atoms with Crippen LogP contribution in [0.3, 0.4) is 0 Å². The van der Waals surface area contributed by atoms with Crippen molar-refractivity contribution < 1.29 is 27.9 Å². The summed E-state index contributed by atoms with van der Waals surface area (Å²) < 4.78 is 29.5. The molecule has 0 aliphatic heterocycles. The highest BCUT2D eigenvalue weighted by Crippen LogP contribution is 2.53. The van der Waals surface area contributed by atoms with Gasteiger partial charge in [0.15, 0.2) is 0 Å². The molecule has 1 aromatic carbocycles. The van der Waals surface area contributed by atoms with Crippen molar-refractivity contribution in [1.82, 2.24) is 16.0 Å². The van der Waals surface area contributed by atoms with E-state index in [2.05, 4.69) is 16.0 Å². The minimum absolute atomic E-state index is 0.180. The molecule has 34 heavy (non-hydrogen) atoms. The number of amides is 2. The van der Waals surface area contributed by atoms with Gasteiger partial charge < -0.3 is 24.4 Å². The number of hydrogen-bond donors (Lipinski definition) is 3. The Bertz CT molecular complexity index is 792. The second kappa shape index (κ2) is 15.1. The van der Waals surface area contributed by atoms with E-state index in [-0.39, 0.29) is 30.9 Å². The fraction of sp³-hybridized carbons (Fsp3) is 0.667. The topological polar surface area (TPSA) is 115 Å². The molecule has 2 amide bonds. The van der Waals surface area contributed by atoms with Crippen LogP contribution in [-0.2, 0) is 29.6 Å². The van der Waals surface area contributed by atoms with Crippen molar-refractivity contribution in [1.29, 1.82) is 0 Å². The maximum atomic E-state index is 13.3. The quantitative estimate of drug-likeness (QED) is 0.298.